The zero-order valence-corrected chi connectivity index (χ0v) is 8.88. The third kappa shape index (κ3) is 2.83. The Morgan fingerprint density at radius 3 is 2.65 bits per heavy atom. The molecule has 1 aromatic heterocycles. The smallest absolute Gasteiger partial charge is 0.465 e. The highest BCUT2D eigenvalue weighted by Gasteiger charge is 2.31. The molecule has 1 aromatic carbocycles. The molecule has 0 saturated heterocycles. The van der Waals surface area contributed by atoms with Crippen molar-refractivity contribution >= 4 is 11.0 Å². The second-order valence-corrected chi connectivity index (χ2v) is 3.25. The lowest BCUT2D eigenvalue weighted by molar-refractivity contribution is -0.274. The molecule has 2 aromatic rings. The minimum Gasteiger partial charge on any atom is -0.465 e. The van der Waals surface area contributed by atoms with Gasteiger partial charge in [0, 0.05) is 11.5 Å². The number of hydrogen-bond acceptors (Lipinski definition) is 3. The Kier molecular flexibility index (Phi) is 2.87. The molecule has 0 aliphatic rings. The molecule has 0 fully saturated rings. The van der Waals surface area contributed by atoms with Crippen molar-refractivity contribution in [2.24, 2.45) is 0 Å². The number of furan rings is 1. The topological polar surface area (TPSA) is 31.6 Å². The number of halogens is 3. The molecule has 0 N–H and O–H groups in total. The molecule has 92 valence electrons. The van der Waals surface area contributed by atoms with Crippen molar-refractivity contribution in [3.05, 3.63) is 24.3 Å². The molecule has 2 rings (SSSR count). The highest BCUT2D eigenvalue weighted by atomic mass is 19.4. The van der Waals surface area contributed by atoms with E-state index >= 15 is 0 Å². The Balaban J connectivity index is 2.30. The van der Waals surface area contributed by atoms with Crippen LogP contribution >= 0.6 is 0 Å². The van der Waals surface area contributed by atoms with E-state index in [0.29, 0.717) is 17.6 Å². The fourth-order valence-corrected chi connectivity index (χ4v) is 1.41. The van der Waals surface area contributed by atoms with Gasteiger partial charge in [0.05, 0.1) is 6.61 Å². The van der Waals surface area contributed by atoms with Crippen LogP contribution in [-0.2, 0) is 0 Å². The summed E-state index contributed by atoms with van der Waals surface area (Å²) in [6.07, 6.45) is -4.69. The molecule has 1 heterocycles. The molecule has 0 unspecified atom stereocenters. The summed E-state index contributed by atoms with van der Waals surface area (Å²) in [5.74, 6) is -0.0134. The second-order valence-electron chi connectivity index (χ2n) is 3.25. The summed E-state index contributed by atoms with van der Waals surface area (Å²) >= 11 is 0. The van der Waals surface area contributed by atoms with Crippen LogP contribution in [0.5, 0.6) is 11.7 Å². The molecule has 0 aliphatic heterocycles. The van der Waals surface area contributed by atoms with E-state index in [1.165, 1.54) is 24.3 Å². The van der Waals surface area contributed by atoms with Crippen LogP contribution in [-0.4, -0.2) is 13.0 Å². The Bertz CT molecular complexity index is 516. The van der Waals surface area contributed by atoms with E-state index in [9.17, 15) is 13.2 Å². The van der Waals surface area contributed by atoms with Gasteiger partial charge in [0.15, 0.2) is 0 Å². The monoisotopic (exact) mass is 246 g/mol. The molecule has 3 nitrogen and oxygen atoms in total. The summed E-state index contributed by atoms with van der Waals surface area (Å²) in [6.45, 7) is 2.21. The van der Waals surface area contributed by atoms with E-state index in [2.05, 4.69) is 4.74 Å². The highest BCUT2D eigenvalue weighted by molar-refractivity contribution is 5.80. The number of hydrogen-bond donors (Lipinski definition) is 0. The molecule has 0 radical (unpaired) electrons. The molecule has 6 heteroatoms. The number of rotatable bonds is 3. The van der Waals surface area contributed by atoms with Gasteiger partial charge in [0.25, 0.3) is 5.95 Å². The fraction of sp³-hybridized carbons (Fsp3) is 0.273. The maximum Gasteiger partial charge on any atom is 0.573 e. The van der Waals surface area contributed by atoms with Crippen LogP contribution < -0.4 is 9.47 Å². The zero-order valence-electron chi connectivity index (χ0n) is 8.88. The van der Waals surface area contributed by atoms with E-state index in [-0.39, 0.29) is 11.7 Å². The lowest BCUT2D eigenvalue weighted by Crippen LogP contribution is -2.16. The average molecular weight is 246 g/mol. The van der Waals surface area contributed by atoms with Crippen LogP contribution in [0.2, 0.25) is 0 Å². The van der Waals surface area contributed by atoms with E-state index in [4.69, 9.17) is 9.15 Å². The van der Waals surface area contributed by atoms with Crippen molar-refractivity contribution in [2.75, 3.05) is 6.61 Å². The van der Waals surface area contributed by atoms with E-state index in [1.807, 2.05) is 0 Å². The van der Waals surface area contributed by atoms with Crippen LogP contribution in [0.15, 0.2) is 28.7 Å². The van der Waals surface area contributed by atoms with Gasteiger partial charge in [0.1, 0.15) is 11.3 Å². The van der Waals surface area contributed by atoms with Gasteiger partial charge in [-0.05, 0) is 25.1 Å². The van der Waals surface area contributed by atoms with Crippen molar-refractivity contribution in [3.63, 3.8) is 0 Å². The SMILES string of the molecule is CCOc1cc2cc(OC(F)(F)F)ccc2o1. The summed E-state index contributed by atoms with van der Waals surface area (Å²) < 4.78 is 50.1. The van der Waals surface area contributed by atoms with E-state index in [0.717, 1.165) is 0 Å². The predicted octanol–water partition coefficient (Wildman–Crippen LogP) is 3.73. The summed E-state index contributed by atoms with van der Waals surface area (Å²) in [5.41, 5.74) is 0.447. The molecule has 17 heavy (non-hydrogen) atoms. The first-order valence-electron chi connectivity index (χ1n) is 4.90. The predicted molar refractivity (Wildman–Crippen MR) is 54.1 cm³/mol. The number of alkyl halides is 3. The molecule has 0 saturated carbocycles. The average Bonchev–Trinajstić information content (AvgIpc) is 2.57. The van der Waals surface area contributed by atoms with Gasteiger partial charge in [-0.25, -0.2) is 0 Å². The van der Waals surface area contributed by atoms with Crippen molar-refractivity contribution in [1.29, 1.82) is 0 Å². The van der Waals surface area contributed by atoms with Gasteiger partial charge >= 0.3 is 6.36 Å². The fourth-order valence-electron chi connectivity index (χ4n) is 1.41. The third-order valence-corrected chi connectivity index (χ3v) is 1.99. The van der Waals surface area contributed by atoms with Crippen LogP contribution in [0.1, 0.15) is 6.92 Å². The van der Waals surface area contributed by atoms with Crippen LogP contribution in [0, 0.1) is 0 Å². The second kappa shape index (κ2) is 4.20. The molecule has 0 aliphatic carbocycles. The van der Waals surface area contributed by atoms with Crippen molar-refractivity contribution in [3.8, 4) is 11.7 Å². The normalized spacial score (nSPS) is 11.8. The van der Waals surface area contributed by atoms with Gasteiger partial charge in [-0.15, -0.1) is 13.2 Å². The van der Waals surface area contributed by atoms with E-state index < -0.39 is 6.36 Å². The Morgan fingerprint density at radius 2 is 2.00 bits per heavy atom. The standard InChI is InChI=1S/C11H9F3O3/c1-2-15-10-6-7-5-8(17-11(12,13)14)3-4-9(7)16-10/h3-6H,2H2,1H3. The maximum absolute atomic E-state index is 12.0. The Morgan fingerprint density at radius 1 is 1.24 bits per heavy atom. The number of ether oxygens (including phenoxy) is 2. The lowest BCUT2D eigenvalue weighted by Gasteiger charge is -2.07. The minimum absolute atomic E-state index is 0.270. The number of benzene rings is 1. The first-order chi connectivity index (χ1) is 7.98. The van der Waals surface area contributed by atoms with Crippen LogP contribution in [0.25, 0.3) is 11.0 Å². The van der Waals surface area contributed by atoms with Crippen molar-refractivity contribution < 1.29 is 27.1 Å². The molecule has 0 spiro atoms. The first-order valence-corrected chi connectivity index (χ1v) is 4.90. The molecular weight excluding hydrogens is 237 g/mol. The largest absolute Gasteiger partial charge is 0.573 e. The van der Waals surface area contributed by atoms with Crippen molar-refractivity contribution in [2.45, 2.75) is 13.3 Å². The quantitative estimate of drug-likeness (QED) is 0.826. The molecule has 0 amide bonds. The van der Waals surface area contributed by atoms with Gasteiger partial charge in [0.2, 0.25) is 0 Å². The Hall–Kier alpha value is -1.85. The first kappa shape index (κ1) is 11.6. The van der Waals surface area contributed by atoms with Crippen molar-refractivity contribution in [1.82, 2.24) is 0 Å². The van der Waals surface area contributed by atoms with Crippen LogP contribution in [0.4, 0.5) is 13.2 Å². The summed E-state index contributed by atoms with van der Waals surface area (Å²) in [5, 5.41) is 0.496. The van der Waals surface area contributed by atoms with Crippen LogP contribution in [0.3, 0.4) is 0 Å². The van der Waals surface area contributed by atoms with Gasteiger partial charge in [-0.3, -0.25) is 0 Å². The molecule has 0 bridgehead atoms. The van der Waals surface area contributed by atoms with E-state index in [1.54, 1.807) is 6.92 Å². The third-order valence-electron chi connectivity index (χ3n) is 1.99. The summed E-state index contributed by atoms with van der Waals surface area (Å²) in [6, 6.07) is 5.35. The highest BCUT2D eigenvalue weighted by Crippen LogP contribution is 2.30. The molecule has 0 atom stereocenters. The Labute approximate surface area is 94.7 Å². The van der Waals surface area contributed by atoms with Gasteiger partial charge < -0.3 is 13.9 Å². The van der Waals surface area contributed by atoms with Gasteiger partial charge in [-0.1, -0.05) is 0 Å². The summed E-state index contributed by atoms with van der Waals surface area (Å²) in [4.78, 5) is 0. The maximum atomic E-state index is 12.0. The number of fused-ring (bicyclic) bond motifs is 1. The lowest BCUT2D eigenvalue weighted by atomic mass is 10.2. The zero-order chi connectivity index (χ0) is 12.5. The summed E-state index contributed by atoms with van der Waals surface area (Å²) in [7, 11) is 0. The van der Waals surface area contributed by atoms with Gasteiger partial charge in [-0.2, -0.15) is 0 Å². The molecular formula is C11H9F3O3. The minimum atomic E-state index is -4.69.